The van der Waals surface area contributed by atoms with Crippen LogP contribution in [0.4, 0.5) is 4.79 Å². The normalized spacial score (nSPS) is 12.3. The second kappa shape index (κ2) is 8.67. The van der Waals surface area contributed by atoms with E-state index in [4.69, 9.17) is 4.74 Å². The zero-order valence-corrected chi connectivity index (χ0v) is 15.6. The average molecular weight is 360 g/mol. The van der Waals surface area contributed by atoms with Gasteiger partial charge in [0, 0.05) is 16.8 Å². The minimum Gasteiger partial charge on any atom is -0.445 e. The quantitative estimate of drug-likeness (QED) is 0.828. The van der Waals surface area contributed by atoms with Crippen molar-refractivity contribution in [2.45, 2.75) is 45.4 Å². The number of alkyl carbamates (subject to hydrolysis) is 1. The lowest BCUT2D eigenvalue weighted by Gasteiger charge is -2.25. The number of carbonyl (C=O) groups is 2. The number of thiophene rings is 1. The lowest BCUT2D eigenvalue weighted by Crippen LogP contribution is -2.53. The van der Waals surface area contributed by atoms with Crippen LogP contribution in [0.2, 0.25) is 0 Å². The van der Waals surface area contributed by atoms with E-state index in [2.05, 4.69) is 10.6 Å². The van der Waals surface area contributed by atoms with Gasteiger partial charge in [-0.05, 0) is 37.8 Å². The molecule has 134 valence electrons. The van der Waals surface area contributed by atoms with Crippen molar-refractivity contribution in [3.8, 4) is 0 Å². The van der Waals surface area contributed by atoms with Gasteiger partial charge in [-0.3, -0.25) is 4.79 Å². The first-order valence-electron chi connectivity index (χ1n) is 8.15. The van der Waals surface area contributed by atoms with Crippen molar-refractivity contribution >= 4 is 23.3 Å². The average Bonchev–Trinajstić information content (AvgIpc) is 3.05. The SMILES string of the molecule is CC(C)(C)NC(=O)[C@H](Cc1cccs1)NC(=O)OCc1ccccc1. The van der Waals surface area contributed by atoms with Crippen molar-refractivity contribution < 1.29 is 14.3 Å². The molecule has 2 amide bonds. The zero-order valence-electron chi connectivity index (χ0n) is 14.7. The van der Waals surface area contributed by atoms with Gasteiger partial charge >= 0.3 is 6.09 Å². The van der Waals surface area contributed by atoms with Crippen LogP contribution < -0.4 is 10.6 Å². The number of benzene rings is 1. The summed E-state index contributed by atoms with van der Waals surface area (Å²) in [6.45, 7) is 5.88. The molecule has 0 saturated carbocycles. The van der Waals surface area contributed by atoms with Gasteiger partial charge in [0.05, 0.1) is 0 Å². The first-order chi connectivity index (χ1) is 11.8. The minimum absolute atomic E-state index is 0.166. The Labute approximate surface area is 152 Å². The van der Waals surface area contributed by atoms with Gasteiger partial charge in [0.1, 0.15) is 12.6 Å². The fourth-order valence-electron chi connectivity index (χ4n) is 2.20. The summed E-state index contributed by atoms with van der Waals surface area (Å²) in [6.07, 6.45) is -0.172. The number of nitrogens with one attached hydrogen (secondary N) is 2. The highest BCUT2D eigenvalue weighted by Gasteiger charge is 2.25. The molecule has 1 aromatic carbocycles. The molecule has 25 heavy (non-hydrogen) atoms. The van der Waals surface area contributed by atoms with E-state index in [1.165, 1.54) is 0 Å². The summed E-state index contributed by atoms with van der Waals surface area (Å²) in [5.74, 6) is -0.224. The molecule has 5 nitrogen and oxygen atoms in total. The summed E-state index contributed by atoms with van der Waals surface area (Å²) >= 11 is 1.55. The lowest BCUT2D eigenvalue weighted by molar-refractivity contribution is -0.124. The van der Waals surface area contributed by atoms with Crippen molar-refractivity contribution in [1.82, 2.24) is 10.6 Å². The van der Waals surface area contributed by atoms with Gasteiger partial charge in [0.15, 0.2) is 0 Å². The summed E-state index contributed by atoms with van der Waals surface area (Å²) in [7, 11) is 0. The monoisotopic (exact) mass is 360 g/mol. The molecule has 0 aliphatic rings. The second-order valence-corrected chi connectivity index (χ2v) is 7.81. The van der Waals surface area contributed by atoms with Crippen LogP contribution in [-0.4, -0.2) is 23.6 Å². The van der Waals surface area contributed by atoms with Crippen LogP contribution in [0.3, 0.4) is 0 Å². The number of hydrogen-bond donors (Lipinski definition) is 2. The Morgan fingerprint density at radius 2 is 1.84 bits per heavy atom. The second-order valence-electron chi connectivity index (χ2n) is 6.78. The molecular weight excluding hydrogens is 336 g/mol. The predicted octanol–water partition coefficient (Wildman–Crippen LogP) is 3.50. The standard InChI is InChI=1S/C19H24N2O3S/c1-19(2,3)21-17(22)16(12-15-10-7-11-25-15)20-18(23)24-13-14-8-5-4-6-9-14/h4-11,16H,12-13H2,1-3H3,(H,20,23)(H,21,22)/t16-/m0/s1. The molecule has 0 aliphatic carbocycles. The highest BCUT2D eigenvalue weighted by Crippen LogP contribution is 2.12. The molecule has 0 bridgehead atoms. The molecule has 0 aliphatic heterocycles. The number of carbonyl (C=O) groups excluding carboxylic acids is 2. The van der Waals surface area contributed by atoms with Crippen LogP contribution >= 0.6 is 11.3 Å². The summed E-state index contributed by atoms with van der Waals surface area (Å²) in [4.78, 5) is 25.7. The van der Waals surface area contributed by atoms with Crippen molar-refractivity contribution in [3.05, 3.63) is 58.3 Å². The van der Waals surface area contributed by atoms with E-state index in [-0.39, 0.29) is 18.1 Å². The first kappa shape index (κ1) is 19.0. The minimum atomic E-state index is -0.679. The van der Waals surface area contributed by atoms with E-state index in [1.807, 2.05) is 68.6 Å². The molecule has 1 heterocycles. The molecule has 2 aromatic rings. The fraction of sp³-hybridized carbons (Fsp3) is 0.368. The maximum Gasteiger partial charge on any atom is 0.408 e. The van der Waals surface area contributed by atoms with Gasteiger partial charge < -0.3 is 15.4 Å². The Hall–Kier alpha value is -2.34. The zero-order chi connectivity index (χ0) is 18.3. The number of hydrogen-bond acceptors (Lipinski definition) is 4. The van der Waals surface area contributed by atoms with Crippen LogP contribution in [0.25, 0.3) is 0 Å². The lowest BCUT2D eigenvalue weighted by atomic mass is 10.1. The molecule has 0 saturated heterocycles. The topological polar surface area (TPSA) is 67.4 Å². The molecule has 0 unspecified atom stereocenters. The Bertz CT molecular complexity index is 678. The third-order valence-corrected chi connectivity index (χ3v) is 4.20. The Morgan fingerprint density at radius 1 is 1.12 bits per heavy atom. The molecule has 2 rings (SSSR count). The van der Waals surface area contributed by atoms with Crippen LogP contribution in [0, 0.1) is 0 Å². The number of ether oxygens (including phenoxy) is 1. The van der Waals surface area contributed by atoms with Crippen LogP contribution in [0.1, 0.15) is 31.2 Å². The molecule has 0 radical (unpaired) electrons. The van der Waals surface area contributed by atoms with Gasteiger partial charge in [-0.2, -0.15) is 0 Å². The van der Waals surface area contributed by atoms with E-state index < -0.39 is 12.1 Å². The van der Waals surface area contributed by atoms with Crippen LogP contribution in [0.15, 0.2) is 47.8 Å². The van der Waals surface area contributed by atoms with Crippen LogP contribution in [0.5, 0.6) is 0 Å². The molecule has 0 fully saturated rings. The summed E-state index contributed by atoms with van der Waals surface area (Å²) in [5, 5.41) is 7.53. The molecule has 6 heteroatoms. The molecule has 2 N–H and O–H groups in total. The molecule has 1 atom stereocenters. The third-order valence-electron chi connectivity index (χ3n) is 3.30. The Morgan fingerprint density at radius 3 is 2.44 bits per heavy atom. The van der Waals surface area contributed by atoms with Crippen molar-refractivity contribution in [1.29, 1.82) is 0 Å². The van der Waals surface area contributed by atoms with E-state index in [0.29, 0.717) is 6.42 Å². The Kier molecular flexibility index (Phi) is 6.58. The Balaban J connectivity index is 1.96. The highest BCUT2D eigenvalue weighted by atomic mass is 32.1. The molecule has 1 aromatic heterocycles. The van der Waals surface area contributed by atoms with E-state index in [0.717, 1.165) is 10.4 Å². The molecular formula is C19H24N2O3S. The predicted molar refractivity (Wildman–Crippen MR) is 99.5 cm³/mol. The summed E-state index contributed by atoms with van der Waals surface area (Å²) in [6, 6.07) is 12.6. The molecule has 0 spiro atoms. The van der Waals surface area contributed by atoms with E-state index in [1.54, 1.807) is 11.3 Å². The van der Waals surface area contributed by atoms with Gasteiger partial charge in [-0.1, -0.05) is 36.4 Å². The summed E-state index contributed by atoms with van der Waals surface area (Å²) in [5.41, 5.74) is 0.520. The van der Waals surface area contributed by atoms with E-state index >= 15 is 0 Å². The third kappa shape index (κ3) is 6.97. The van der Waals surface area contributed by atoms with Gasteiger partial charge in [-0.15, -0.1) is 11.3 Å². The van der Waals surface area contributed by atoms with Gasteiger partial charge in [0.25, 0.3) is 0 Å². The van der Waals surface area contributed by atoms with Gasteiger partial charge in [-0.25, -0.2) is 4.79 Å². The van der Waals surface area contributed by atoms with Crippen molar-refractivity contribution in [2.75, 3.05) is 0 Å². The maximum absolute atomic E-state index is 12.5. The first-order valence-corrected chi connectivity index (χ1v) is 9.03. The van der Waals surface area contributed by atoms with Crippen molar-refractivity contribution in [2.24, 2.45) is 0 Å². The largest absolute Gasteiger partial charge is 0.445 e. The maximum atomic E-state index is 12.5. The number of rotatable bonds is 6. The van der Waals surface area contributed by atoms with E-state index in [9.17, 15) is 9.59 Å². The fourth-order valence-corrected chi connectivity index (χ4v) is 2.95. The van der Waals surface area contributed by atoms with Gasteiger partial charge in [0.2, 0.25) is 5.91 Å². The smallest absolute Gasteiger partial charge is 0.408 e. The van der Waals surface area contributed by atoms with Crippen LogP contribution in [-0.2, 0) is 22.6 Å². The number of amides is 2. The van der Waals surface area contributed by atoms with Crippen molar-refractivity contribution in [3.63, 3.8) is 0 Å². The highest BCUT2D eigenvalue weighted by molar-refractivity contribution is 7.09. The summed E-state index contributed by atoms with van der Waals surface area (Å²) < 4.78 is 5.23.